The Morgan fingerprint density at radius 3 is 2.71 bits per heavy atom. The van der Waals surface area contributed by atoms with Crippen LogP contribution in [0.25, 0.3) is 11.4 Å². The van der Waals surface area contributed by atoms with Crippen molar-refractivity contribution in [3.05, 3.63) is 71.6 Å². The summed E-state index contributed by atoms with van der Waals surface area (Å²) in [6.07, 6.45) is 2.85. The molecule has 4 rings (SSSR count). The zero-order valence-corrected chi connectivity index (χ0v) is 16.0. The fourth-order valence-electron chi connectivity index (χ4n) is 3.50. The Hall–Kier alpha value is -3.15. The van der Waals surface area contributed by atoms with Gasteiger partial charge in [0, 0.05) is 18.7 Å². The van der Waals surface area contributed by atoms with Gasteiger partial charge in [0.1, 0.15) is 6.04 Å². The highest BCUT2D eigenvalue weighted by Crippen LogP contribution is 2.31. The number of amides is 2. The van der Waals surface area contributed by atoms with Crippen molar-refractivity contribution >= 4 is 6.03 Å². The van der Waals surface area contributed by atoms with Crippen molar-refractivity contribution in [2.75, 3.05) is 6.54 Å². The molecule has 0 radical (unpaired) electrons. The molecule has 0 unspecified atom stereocenters. The molecule has 144 valence electrons. The quantitative estimate of drug-likeness (QED) is 0.729. The van der Waals surface area contributed by atoms with Crippen LogP contribution < -0.4 is 5.32 Å². The van der Waals surface area contributed by atoms with E-state index in [1.54, 1.807) is 0 Å². The van der Waals surface area contributed by atoms with Gasteiger partial charge in [-0.1, -0.05) is 65.3 Å². The van der Waals surface area contributed by atoms with Crippen molar-refractivity contribution in [3.8, 4) is 11.4 Å². The number of benzene rings is 2. The number of nitrogens with one attached hydrogen (secondary N) is 1. The average Bonchev–Trinajstić information content (AvgIpc) is 3.23. The second-order valence-electron chi connectivity index (χ2n) is 7.17. The summed E-state index contributed by atoms with van der Waals surface area (Å²) in [7, 11) is 0. The second-order valence-corrected chi connectivity index (χ2v) is 7.17. The van der Waals surface area contributed by atoms with Gasteiger partial charge in [0.25, 0.3) is 0 Å². The van der Waals surface area contributed by atoms with E-state index in [1.165, 1.54) is 5.56 Å². The van der Waals surface area contributed by atoms with E-state index in [2.05, 4.69) is 15.5 Å². The lowest BCUT2D eigenvalue weighted by molar-refractivity contribution is 0.131. The molecule has 1 N–H and O–H groups in total. The van der Waals surface area contributed by atoms with Crippen LogP contribution in [0.1, 0.15) is 42.3 Å². The third-order valence-electron chi connectivity index (χ3n) is 5.09. The molecule has 6 heteroatoms. The van der Waals surface area contributed by atoms with Crippen LogP contribution in [0.5, 0.6) is 0 Å². The standard InChI is InChI=1S/C22H24N4O2/c1-16-10-12-18(13-11-16)20-24-21(28-25-20)19-9-5-6-14-26(19)22(27)23-15-17-7-3-2-4-8-17/h2-4,7-8,10-13,19H,5-6,9,14-15H2,1H3,(H,23,27)/t19-/m1/s1. The van der Waals surface area contributed by atoms with E-state index in [1.807, 2.05) is 66.4 Å². The molecule has 2 heterocycles. The molecule has 2 aromatic carbocycles. The van der Waals surface area contributed by atoms with Gasteiger partial charge in [-0.05, 0) is 31.7 Å². The maximum absolute atomic E-state index is 12.8. The fourth-order valence-corrected chi connectivity index (χ4v) is 3.50. The highest BCUT2D eigenvalue weighted by atomic mass is 16.5. The third-order valence-corrected chi connectivity index (χ3v) is 5.09. The number of carbonyl (C=O) groups is 1. The summed E-state index contributed by atoms with van der Waals surface area (Å²) < 4.78 is 5.55. The molecule has 1 aliphatic heterocycles. The summed E-state index contributed by atoms with van der Waals surface area (Å²) >= 11 is 0. The van der Waals surface area contributed by atoms with Gasteiger partial charge in [0.15, 0.2) is 0 Å². The minimum absolute atomic E-state index is 0.0939. The minimum Gasteiger partial charge on any atom is -0.337 e. The summed E-state index contributed by atoms with van der Waals surface area (Å²) in [6, 6.07) is 17.6. The average molecular weight is 376 g/mol. The number of carbonyl (C=O) groups excluding carboxylic acids is 1. The molecule has 6 nitrogen and oxygen atoms in total. The maximum atomic E-state index is 12.8. The molecule has 1 aromatic heterocycles. The number of rotatable bonds is 4. The van der Waals surface area contributed by atoms with Gasteiger partial charge in [-0.2, -0.15) is 4.98 Å². The van der Waals surface area contributed by atoms with Crippen molar-refractivity contribution in [1.82, 2.24) is 20.4 Å². The van der Waals surface area contributed by atoms with E-state index >= 15 is 0 Å². The van der Waals surface area contributed by atoms with Crippen LogP contribution in [-0.2, 0) is 6.54 Å². The Bertz CT molecular complexity index is 921. The highest BCUT2D eigenvalue weighted by molar-refractivity contribution is 5.74. The Labute approximate surface area is 164 Å². The van der Waals surface area contributed by atoms with Crippen LogP contribution in [0, 0.1) is 6.92 Å². The van der Waals surface area contributed by atoms with Crippen molar-refractivity contribution in [3.63, 3.8) is 0 Å². The van der Waals surface area contributed by atoms with Crippen LogP contribution in [0.3, 0.4) is 0 Å². The topological polar surface area (TPSA) is 71.3 Å². The van der Waals surface area contributed by atoms with E-state index in [-0.39, 0.29) is 12.1 Å². The summed E-state index contributed by atoms with van der Waals surface area (Å²) in [5.74, 6) is 1.07. The van der Waals surface area contributed by atoms with Crippen LogP contribution in [-0.4, -0.2) is 27.6 Å². The number of nitrogens with zero attached hydrogens (tertiary/aromatic N) is 3. The summed E-state index contributed by atoms with van der Waals surface area (Å²) in [6.45, 7) is 3.23. The summed E-state index contributed by atoms with van der Waals surface area (Å²) in [4.78, 5) is 19.2. The van der Waals surface area contributed by atoms with Gasteiger partial charge in [0.05, 0.1) is 0 Å². The number of urea groups is 1. The molecule has 1 aliphatic rings. The van der Waals surface area contributed by atoms with E-state index in [9.17, 15) is 4.79 Å². The third kappa shape index (κ3) is 4.06. The SMILES string of the molecule is Cc1ccc(-c2noc([C@H]3CCCCN3C(=O)NCc3ccccc3)n2)cc1. The van der Waals surface area contributed by atoms with Crippen molar-refractivity contribution in [2.45, 2.75) is 38.8 Å². The van der Waals surface area contributed by atoms with Crippen molar-refractivity contribution < 1.29 is 9.32 Å². The number of likely N-dealkylation sites (tertiary alicyclic amines) is 1. The number of piperidine rings is 1. The van der Waals surface area contributed by atoms with Gasteiger partial charge in [-0.15, -0.1) is 0 Å². The molecule has 1 fully saturated rings. The predicted molar refractivity (Wildman–Crippen MR) is 106 cm³/mol. The smallest absolute Gasteiger partial charge is 0.318 e. The molecule has 28 heavy (non-hydrogen) atoms. The van der Waals surface area contributed by atoms with Gasteiger partial charge in [0.2, 0.25) is 11.7 Å². The molecule has 2 amide bonds. The fraction of sp³-hybridized carbons (Fsp3) is 0.318. The van der Waals surface area contributed by atoms with Gasteiger partial charge >= 0.3 is 6.03 Å². The zero-order valence-electron chi connectivity index (χ0n) is 16.0. The molecular formula is C22H24N4O2. The van der Waals surface area contributed by atoms with Crippen LogP contribution >= 0.6 is 0 Å². The first-order chi connectivity index (χ1) is 13.7. The Morgan fingerprint density at radius 1 is 1.14 bits per heavy atom. The lowest BCUT2D eigenvalue weighted by Crippen LogP contribution is -2.44. The second kappa shape index (κ2) is 8.25. The molecule has 0 spiro atoms. The number of aryl methyl sites for hydroxylation is 1. The van der Waals surface area contributed by atoms with E-state index in [0.29, 0.717) is 24.8 Å². The monoisotopic (exact) mass is 376 g/mol. The molecule has 1 saturated heterocycles. The first-order valence-corrected chi connectivity index (χ1v) is 9.70. The molecule has 1 atom stereocenters. The van der Waals surface area contributed by atoms with Gasteiger partial charge in [-0.25, -0.2) is 4.79 Å². The Morgan fingerprint density at radius 2 is 1.93 bits per heavy atom. The maximum Gasteiger partial charge on any atom is 0.318 e. The van der Waals surface area contributed by atoms with Gasteiger partial charge in [-0.3, -0.25) is 0 Å². The zero-order chi connectivity index (χ0) is 19.3. The predicted octanol–water partition coefficient (Wildman–Crippen LogP) is 4.48. The number of aromatic nitrogens is 2. The largest absolute Gasteiger partial charge is 0.337 e. The summed E-state index contributed by atoms with van der Waals surface area (Å²) in [5.41, 5.74) is 3.17. The molecule has 0 bridgehead atoms. The van der Waals surface area contributed by atoms with Gasteiger partial charge < -0.3 is 14.7 Å². The highest BCUT2D eigenvalue weighted by Gasteiger charge is 2.32. The number of hydrogen-bond donors (Lipinski definition) is 1. The Balaban J connectivity index is 1.47. The first-order valence-electron chi connectivity index (χ1n) is 9.70. The molecule has 3 aromatic rings. The molecule has 0 aliphatic carbocycles. The van der Waals surface area contributed by atoms with E-state index in [0.717, 1.165) is 30.4 Å². The molecular weight excluding hydrogens is 352 g/mol. The van der Waals surface area contributed by atoms with E-state index < -0.39 is 0 Å². The lowest BCUT2D eigenvalue weighted by atomic mass is 10.0. The molecule has 0 saturated carbocycles. The number of hydrogen-bond acceptors (Lipinski definition) is 4. The van der Waals surface area contributed by atoms with Crippen LogP contribution in [0.2, 0.25) is 0 Å². The van der Waals surface area contributed by atoms with E-state index in [4.69, 9.17) is 4.52 Å². The van der Waals surface area contributed by atoms with Crippen LogP contribution in [0.4, 0.5) is 4.79 Å². The van der Waals surface area contributed by atoms with Crippen molar-refractivity contribution in [2.24, 2.45) is 0 Å². The van der Waals surface area contributed by atoms with Crippen LogP contribution in [0.15, 0.2) is 59.1 Å². The van der Waals surface area contributed by atoms with Crippen molar-refractivity contribution in [1.29, 1.82) is 0 Å². The lowest BCUT2D eigenvalue weighted by Gasteiger charge is -2.33. The summed E-state index contributed by atoms with van der Waals surface area (Å²) in [5, 5.41) is 7.14. The minimum atomic E-state index is -0.184. The normalized spacial score (nSPS) is 16.8. The Kier molecular flexibility index (Phi) is 5.37. The first kappa shape index (κ1) is 18.2.